The van der Waals surface area contributed by atoms with Crippen molar-refractivity contribution in [2.45, 2.75) is 40.7 Å². The minimum Gasteiger partial charge on any atom is -0.374 e. The fourth-order valence-corrected chi connectivity index (χ4v) is 3.14. The molecule has 1 aliphatic heterocycles. The van der Waals surface area contributed by atoms with Crippen LogP contribution in [0.25, 0.3) is 0 Å². The molecule has 2 heterocycles. The Kier molecular flexibility index (Phi) is 4.22. The molecular formula is C13H24N4S. The zero-order chi connectivity index (χ0) is 13.2. The molecule has 2 rings (SSSR count). The molecule has 1 unspecified atom stereocenters. The molecule has 0 aromatic carbocycles. The van der Waals surface area contributed by atoms with Crippen LogP contribution in [0.5, 0.6) is 0 Å². The van der Waals surface area contributed by atoms with Gasteiger partial charge >= 0.3 is 0 Å². The second-order valence-electron chi connectivity index (χ2n) is 6.17. The lowest BCUT2D eigenvalue weighted by molar-refractivity contribution is 0.225. The minimum atomic E-state index is 0.416. The fraction of sp³-hybridized carbons (Fsp3) is 0.846. The van der Waals surface area contributed by atoms with E-state index >= 15 is 0 Å². The Balaban J connectivity index is 1.93. The normalized spacial score (nSPS) is 21.4. The summed E-state index contributed by atoms with van der Waals surface area (Å²) in [5, 5.41) is 8.72. The Morgan fingerprint density at radius 2 is 2.22 bits per heavy atom. The lowest BCUT2D eigenvalue weighted by Gasteiger charge is -2.27. The number of nitrogens with one attached hydrogen (secondary N) is 1. The second kappa shape index (κ2) is 5.53. The Labute approximate surface area is 114 Å². The molecule has 1 atom stereocenters. The number of rotatable bonds is 4. The van der Waals surface area contributed by atoms with E-state index in [2.05, 4.69) is 47.5 Å². The van der Waals surface area contributed by atoms with Crippen LogP contribution in [0, 0.1) is 11.3 Å². The largest absolute Gasteiger partial charge is 0.374 e. The van der Waals surface area contributed by atoms with E-state index in [0.717, 1.165) is 29.7 Å². The van der Waals surface area contributed by atoms with E-state index in [1.807, 2.05) is 0 Å². The average molecular weight is 268 g/mol. The molecule has 0 radical (unpaired) electrons. The molecule has 5 heteroatoms. The van der Waals surface area contributed by atoms with Gasteiger partial charge < -0.3 is 5.32 Å². The predicted molar refractivity (Wildman–Crippen MR) is 76.9 cm³/mol. The molecule has 1 N–H and O–H groups in total. The molecule has 1 aromatic heterocycles. The summed E-state index contributed by atoms with van der Waals surface area (Å²) in [5.41, 5.74) is 1.52. The van der Waals surface area contributed by atoms with Gasteiger partial charge in [0.1, 0.15) is 10.7 Å². The van der Waals surface area contributed by atoms with Crippen molar-refractivity contribution in [1.82, 2.24) is 14.5 Å². The van der Waals surface area contributed by atoms with Gasteiger partial charge in [0.25, 0.3) is 0 Å². The van der Waals surface area contributed by atoms with Crippen LogP contribution in [0.2, 0.25) is 0 Å². The molecule has 0 saturated carbocycles. The smallest absolute Gasteiger partial charge is 0.134 e. The van der Waals surface area contributed by atoms with Crippen LogP contribution >= 0.6 is 11.5 Å². The van der Waals surface area contributed by atoms with E-state index in [1.54, 1.807) is 0 Å². The molecule has 0 spiro atoms. The summed E-state index contributed by atoms with van der Waals surface area (Å²) in [7, 11) is 0. The van der Waals surface area contributed by atoms with Crippen LogP contribution < -0.4 is 5.32 Å². The lowest BCUT2D eigenvalue weighted by atomic mass is 9.80. The zero-order valence-corrected chi connectivity index (χ0v) is 12.7. The van der Waals surface area contributed by atoms with Gasteiger partial charge in [0.15, 0.2) is 0 Å². The van der Waals surface area contributed by atoms with Crippen LogP contribution in [0.1, 0.15) is 39.8 Å². The van der Waals surface area contributed by atoms with Gasteiger partial charge in [-0.3, -0.25) is 4.90 Å². The van der Waals surface area contributed by atoms with Crippen molar-refractivity contribution in [1.29, 1.82) is 0 Å². The third-order valence-electron chi connectivity index (χ3n) is 3.76. The van der Waals surface area contributed by atoms with Gasteiger partial charge in [-0.05, 0) is 31.2 Å². The van der Waals surface area contributed by atoms with Gasteiger partial charge in [0.05, 0.1) is 0 Å². The quantitative estimate of drug-likeness (QED) is 0.911. The number of hydrogen-bond acceptors (Lipinski definition) is 5. The molecule has 0 bridgehead atoms. The summed E-state index contributed by atoms with van der Waals surface area (Å²) in [6, 6.07) is 0. The van der Waals surface area contributed by atoms with Gasteiger partial charge in [0.2, 0.25) is 0 Å². The summed E-state index contributed by atoms with van der Waals surface area (Å²) in [6.07, 6.45) is 1.30. The standard InChI is InChI=1S/C13H24N4S/c1-5-14-12-11(15-16-18-12)9-17-7-6-10(8-17)13(2,3)4/h10,14H,5-9H2,1-4H3. The van der Waals surface area contributed by atoms with Crippen LogP contribution in [-0.4, -0.2) is 34.1 Å². The van der Waals surface area contributed by atoms with Gasteiger partial charge in [-0.1, -0.05) is 25.3 Å². The van der Waals surface area contributed by atoms with Crippen molar-refractivity contribution in [3.63, 3.8) is 0 Å². The minimum absolute atomic E-state index is 0.416. The Morgan fingerprint density at radius 3 is 2.83 bits per heavy atom. The molecule has 4 nitrogen and oxygen atoms in total. The molecule has 1 aromatic rings. The highest BCUT2D eigenvalue weighted by Crippen LogP contribution is 2.34. The third kappa shape index (κ3) is 3.20. The Hall–Kier alpha value is -0.680. The molecular weight excluding hydrogens is 244 g/mol. The van der Waals surface area contributed by atoms with E-state index in [-0.39, 0.29) is 0 Å². The van der Waals surface area contributed by atoms with E-state index in [1.165, 1.54) is 31.0 Å². The number of anilines is 1. The van der Waals surface area contributed by atoms with E-state index in [0.29, 0.717) is 5.41 Å². The second-order valence-corrected chi connectivity index (χ2v) is 6.92. The van der Waals surface area contributed by atoms with Crippen molar-refractivity contribution in [2.24, 2.45) is 11.3 Å². The molecule has 18 heavy (non-hydrogen) atoms. The van der Waals surface area contributed by atoms with Crippen molar-refractivity contribution in [3.05, 3.63) is 5.69 Å². The molecule has 0 amide bonds. The Morgan fingerprint density at radius 1 is 1.44 bits per heavy atom. The topological polar surface area (TPSA) is 41.1 Å². The van der Waals surface area contributed by atoms with Crippen LogP contribution in [0.4, 0.5) is 5.00 Å². The van der Waals surface area contributed by atoms with Crippen molar-refractivity contribution in [2.75, 3.05) is 25.0 Å². The summed E-state index contributed by atoms with van der Waals surface area (Å²) >= 11 is 1.46. The number of likely N-dealkylation sites (tertiary alicyclic amines) is 1. The zero-order valence-electron chi connectivity index (χ0n) is 11.9. The number of hydrogen-bond donors (Lipinski definition) is 1. The first-order chi connectivity index (χ1) is 8.50. The molecule has 1 saturated heterocycles. The summed E-state index contributed by atoms with van der Waals surface area (Å²) in [5.74, 6) is 0.798. The maximum atomic E-state index is 4.25. The van der Waals surface area contributed by atoms with Crippen LogP contribution in [-0.2, 0) is 6.54 Å². The van der Waals surface area contributed by atoms with Gasteiger partial charge in [-0.2, -0.15) is 0 Å². The van der Waals surface area contributed by atoms with Crippen molar-refractivity contribution >= 4 is 16.5 Å². The molecule has 1 aliphatic rings. The fourth-order valence-electron chi connectivity index (χ4n) is 2.50. The number of nitrogens with zero attached hydrogens (tertiary/aromatic N) is 3. The molecule has 0 aliphatic carbocycles. The van der Waals surface area contributed by atoms with Crippen molar-refractivity contribution < 1.29 is 0 Å². The number of aromatic nitrogens is 2. The SMILES string of the molecule is CCNc1snnc1CN1CCC(C(C)(C)C)C1. The highest BCUT2D eigenvalue weighted by atomic mass is 32.1. The van der Waals surface area contributed by atoms with E-state index < -0.39 is 0 Å². The molecule has 102 valence electrons. The highest BCUT2D eigenvalue weighted by molar-refractivity contribution is 7.10. The summed E-state index contributed by atoms with van der Waals surface area (Å²) in [4.78, 5) is 2.51. The molecule has 1 fully saturated rings. The first-order valence-corrected chi connectivity index (χ1v) is 7.55. The summed E-state index contributed by atoms with van der Waals surface area (Å²) in [6.45, 7) is 13.4. The average Bonchev–Trinajstić information content (AvgIpc) is 2.89. The van der Waals surface area contributed by atoms with Gasteiger partial charge in [-0.15, -0.1) is 5.10 Å². The van der Waals surface area contributed by atoms with Gasteiger partial charge in [-0.25, -0.2) is 0 Å². The summed E-state index contributed by atoms with van der Waals surface area (Å²) < 4.78 is 4.05. The van der Waals surface area contributed by atoms with Gasteiger partial charge in [0, 0.05) is 31.2 Å². The van der Waals surface area contributed by atoms with Crippen LogP contribution in [0.15, 0.2) is 0 Å². The maximum Gasteiger partial charge on any atom is 0.134 e. The predicted octanol–water partition coefficient (Wildman–Crippen LogP) is 2.84. The van der Waals surface area contributed by atoms with E-state index in [4.69, 9.17) is 0 Å². The van der Waals surface area contributed by atoms with Crippen LogP contribution in [0.3, 0.4) is 0 Å². The van der Waals surface area contributed by atoms with Crippen molar-refractivity contribution in [3.8, 4) is 0 Å². The maximum absolute atomic E-state index is 4.25. The highest BCUT2D eigenvalue weighted by Gasteiger charge is 2.32. The van der Waals surface area contributed by atoms with E-state index in [9.17, 15) is 0 Å². The lowest BCUT2D eigenvalue weighted by Crippen LogP contribution is -2.26. The third-order valence-corrected chi connectivity index (χ3v) is 4.49. The Bertz CT molecular complexity index is 383. The monoisotopic (exact) mass is 268 g/mol. The first-order valence-electron chi connectivity index (χ1n) is 6.78. The first kappa shape index (κ1) is 13.7.